The number of aryl methyl sites for hydroxylation is 1. The lowest BCUT2D eigenvalue weighted by Gasteiger charge is -2.46. The maximum atomic E-state index is 14.6. The number of carbonyl (C=O) groups excluding carboxylic acids is 2. The van der Waals surface area contributed by atoms with E-state index in [0.29, 0.717) is 42.8 Å². The molecule has 4 heterocycles. The number of anilines is 1. The maximum absolute atomic E-state index is 14.6. The fraction of sp³-hybridized carbons (Fsp3) is 0.436. The Morgan fingerprint density at radius 3 is 2.87 bits per heavy atom. The largest absolute Gasteiger partial charge is 0.490 e. The van der Waals surface area contributed by atoms with Crippen LogP contribution in [-0.4, -0.2) is 69.3 Å². The summed E-state index contributed by atoms with van der Waals surface area (Å²) in [4.78, 5) is 34.1. The van der Waals surface area contributed by atoms with Crippen LogP contribution >= 0.6 is 11.6 Å². The Hall–Kier alpha value is -4.26. The first-order valence-corrected chi connectivity index (χ1v) is 20.1. The molecule has 2 aliphatic heterocycles. The van der Waals surface area contributed by atoms with Crippen LogP contribution in [0.3, 0.4) is 0 Å². The molecule has 0 radical (unpaired) electrons. The monoisotopic (exact) mass is 742 g/mol. The lowest BCUT2D eigenvalue weighted by atomic mass is 9.68. The third-order valence-electron chi connectivity index (χ3n) is 11.3. The second kappa shape index (κ2) is 13.9. The number of hydrogen-bond donors (Lipinski definition) is 1. The summed E-state index contributed by atoms with van der Waals surface area (Å²) in [6, 6.07) is 14.8. The fourth-order valence-corrected chi connectivity index (χ4v) is 10.6. The van der Waals surface area contributed by atoms with Crippen LogP contribution in [0.15, 0.2) is 77.6 Å². The Kier molecular flexibility index (Phi) is 9.33. The van der Waals surface area contributed by atoms with E-state index in [2.05, 4.69) is 48.4 Å². The minimum absolute atomic E-state index is 0.0176. The molecule has 1 N–H and O–H groups in total. The van der Waals surface area contributed by atoms with Crippen molar-refractivity contribution in [2.45, 2.75) is 57.0 Å². The predicted octanol–water partition coefficient (Wildman–Crippen LogP) is 6.45. The van der Waals surface area contributed by atoms with E-state index in [0.717, 1.165) is 49.4 Å². The molecular formula is C39H43ClN6O5S. The molecular weight excluding hydrogens is 700 g/mol. The molecule has 1 saturated carbocycles. The van der Waals surface area contributed by atoms with E-state index in [9.17, 15) is 13.8 Å². The standard InChI is InChI=1S/C39H43ClN6O5S/c1-25-5-3-7-34(50-2)31-12-8-28(31)19-45-22-39(16-4-6-26-17-30(40)11-13-32(26)39)23-51-35-14-9-27(18-33(35)45)37(47)43-52(49,21-25)44-38(48)29-10-15-36-41-24-42-46(36)20-29/h3,7,9-11,13-15,17-18,20,24-25,28,31,34H,4-6,8,12,16,19,21-23H2,1-2H3,(H,43,44,47,48,49)/b7-3-/t25-,28-,31+,34-,39-,52?/m0/s1. The number of aromatic nitrogens is 3. The lowest BCUT2D eigenvalue weighted by molar-refractivity contribution is 0.0131. The minimum Gasteiger partial charge on any atom is -0.490 e. The van der Waals surface area contributed by atoms with Crippen LogP contribution < -0.4 is 14.4 Å². The smallest absolute Gasteiger partial charge is 0.286 e. The Labute approximate surface area is 309 Å². The number of halogens is 1. The molecule has 2 amide bonds. The van der Waals surface area contributed by atoms with Crippen molar-refractivity contribution in [2.75, 3.05) is 37.5 Å². The van der Waals surface area contributed by atoms with Gasteiger partial charge >= 0.3 is 0 Å². The average molecular weight is 743 g/mol. The van der Waals surface area contributed by atoms with Crippen molar-refractivity contribution < 1.29 is 23.3 Å². The number of nitrogens with zero attached hydrogens (tertiary/aromatic N) is 5. The molecule has 1 fully saturated rings. The van der Waals surface area contributed by atoms with Gasteiger partial charge in [-0.1, -0.05) is 36.7 Å². The number of carbonyl (C=O) groups is 2. The number of rotatable bonds is 3. The van der Waals surface area contributed by atoms with Gasteiger partial charge in [0.1, 0.15) is 22.0 Å². The Bertz CT molecular complexity index is 2200. The van der Waals surface area contributed by atoms with Gasteiger partial charge < -0.3 is 14.4 Å². The first-order valence-electron chi connectivity index (χ1n) is 18.0. The maximum Gasteiger partial charge on any atom is 0.286 e. The summed E-state index contributed by atoms with van der Waals surface area (Å²) in [6.45, 7) is 3.92. The number of amides is 2. The van der Waals surface area contributed by atoms with Gasteiger partial charge in [-0.3, -0.25) is 14.3 Å². The summed E-state index contributed by atoms with van der Waals surface area (Å²) < 4.78 is 35.7. The van der Waals surface area contributed by atoms with Crippen molar-refractivity contribution in [2.24, 2.45) is 22.1 Å². The second-order valence-electron chi connectivity index (χ2n) is 14.9. The molecule has 0 saturated heterocycles. The van der Waals surface area contributed by atoms with E-state index < -0.39 is 21.7 Å². The van der Waals surface area contributed by atoms with Crippen molar-refractivity contribution in [1.29, 1.82) is 0 Å². The number of allylic oxidation sites excluding steroid dienone is 1. The van der Waals surface area contributed by atoms with Crippen LogP contribution in [-0.2, 0) is 26.5 Å². The quantitative estimate of drug-likeness (QED) is 0.238. The van der Waals surface area contributed by atoms with Crippen molar-refractivity contribution in [1.82, 2.24) is 19.3 Å². The first-order chi connectivity index (χ1) is 25.1. The number of ether oxygens (including phenoxy) is 2. The molecule has 2 aromatic heterocycles. The van der Waals surface area contributed by atoms with Gasteiger partial charge in [0.15, 0.2) is 5.65 Å². The number of nitrogens with one attached hydrogen (secondary N) is 1. The molecule has 1 unspecified atom stereocenters. The van der Waals surface area contributed by atoms with E-state index in [1.54, 1.807) is 25.3 Å². The summed E-state index contributed by atoms with van der Waals surface area (Å²) in [5, 5.41) is 4.84. The van der Waals surface area contributed by atoms with Gasteiger partial charge in [-0.2, -0.15) is 5.10 Å². The molecule has 11 nitrogen and oxygen atoms in total. The Morgan fingerprint density at radius 2 is 2.04 bits per heavy atom. The molecule has 2 bridgehead atoms. The van der Waals surface area contributed by atoms with Gasteiger partial charge in [0.2, 0.25) is 0 Å². The van der Waals surface area contributed by atoms with Crippen molar-refractivity contribution in [3.63, 3.8) is 0 Å². The minimum atomic E-state index is -3.57. The zero-order valence-corrected chi connectivity index (χ0v) is 30.9. The molecule has 2 aliphatic carbocycles. The topological polar surface area (TPSA) is 127 Å². The molecule has 1 spiro atoms. The Morgan fingerprint density at radius 1 is 1.15 bits per heavy atom. The zero-order chi connectivity index (χ0) is 36.0. The van der Waals surface area contributed by atoms with Crippen LogP contribution in [0.2, 0.25) is 5.02 Å². The van der Waals surface area contributed by atoms with Gasteiger partial charge in [-0.15, -0.1) is 4.36 Å². The number of hydrogen-bond acceptors (Lipinski definition) is 8. The highest BCUT2D eigenvalue weighted by atomic mass is 35.5. The van der Waals surface area contributed by atoms with Gasteiger partial charge in [0, 0.05) is 42.4 Å². The third kappa shape index (κ3) is 6.72. The highest BCUT2D eigenvalue weighted by Gasteiger charge is 2.44. The molecule has 52 heavy (non-hydrogen) atoms. The van der Waals surface area contributed by atoms with Crippen LogP contribution in [0.25, 0.3) is 5.65 Å². The van der Waals surface area contributed by atoms with Gasteiger partial charge in [0.05, 0.1) is 29.7 Å². The highest BCUT2D eigenvalue weighted by molar-refractivity contribution is 7.92. The number of fused-ring (bicyclic) bond motifs is 5. The molecule has 13 heteroatoms. The summed E-state index contributed by atoms with van der Waals surface area (Å²) in [5.74, 6) is -0.0557. The predicted molar refractivity (Wildman–Crippen MR) is 200 cm³/mol. The van der Waals surface area contributed by atoms with Crippen molar-refractivity contribution in [3.05, 3.63) is 100 Å². The van der Waals surface area contributed by atoms with Crippen LogP contribution in [0.1, 0.15) is 70.9 Å². The summed E-state index contributed by atoms with van der Waals surface area (Å²) in [5.41, 5.74) is 4.14. The second-order valence-corrected chi connectivity index (χ2v) is 17.3. The summed E-state index contributed by atoms with van der Waals surface area (Å²) in [6.07, 6.45) is 12.7. The number of pyridine rings is 1. The summed E-state index contributed by atoms with van der Waals surface area (Å²) in [7, 11) is -1.81. The van der Waals surface area contributed by atoms with E-state index in [-0.39, 0.29) is 34.3 Å². The van der Waals surface area contributed by atoms with Crippen LogP contribution in [0.4, 0.5) is 5.69 Å². The fourth-order valence-electron chi connectivity index (χ4n) is 8.52. The van der Waals surface area contributed by atoms with E-state index in [4.69, 9.17) is 21.1 Å². The van der Waals surface area contributed by atoms with Crippen molar-refractivity contribution in [3.8, 4) is 5.75 Å². The van der Waals surface area contributed by atoms with Gasteiger partial charge in [0.25, 0.3) is 11.8 Å². The van der Waals surface area contributed by atoms with E-state index in [1.807, 2.05) is 25.1 Å². The number of benzene rings is 2. The molecule has 6 atom stereocenters. The highest BCUT2D eigenvalue weighted by Crippen LogP contribution is 2.47. The lowest BCUT2D eigenvalue weighted by Crippen LogP contribution is -2.49. The third-order valence-corrected chi connectivity index (χ3v) is 13.5. The molecule has 8 rings (SSSR count). The van der Waals surface area contributed by atoms with Gasteiger partial charge in [-0.05, 0) is 110 Å². The Balaban J connectivity index is 1.19. The number of methoxy groups -OCH3 is 1. The zero-order valence-electron chi connectivity index (χ0n) is 29.4. The normalized spacial score (nSPS) is 29.5. The van der Waals surface area contributed by atoms with Gasteiger partial charge in [-0.25, -0.2) is 13.7 Å². The average Bonchev–Trinajstić information content (AvgIpc) is 3.53. The van der Waals surface area contributed by atoms with Crippen molar-refractivity contribution >= 4 is 44.7 Å². The molecule has 2 aromatic carbocycles. The molecule has 4 aromatic rings. The van der Waals surface area contributed by atoms with E-state index in [1.165, 1.54) is 28.2 Å². The first kappa shape index (κ1) is 34.8. The molecule has 4 aliphatic rings. The van der Waals surface area contributed by atoms with Crippen LogP contribution in [0.5, 0.6) is 5.75 Å². The van der Waals surface area contributed by atoms with Crippen LogP contribution in [0, 0.1) is 17.8 Å². The SMILES string of the molecule is CO[C@H]1/C=C\C[C@H](C)CS(=O)(NC(=O)c2ccc3ncnn3c2)=NC(=O)c2ccc3c(c2)N(C[C@@H]2CC[C@H]21)C[C@@]1(CCCc2cc(Cl)ccc21)CO3. The van der Waals surface area contributed by atoms with E-state index >= 15 is 0 Å². The molecule has 272 valence electrons. The summed E-state index contributed by atoms with van der Waals surface area (Å²) >= 11 is 6.46.